The molecule has 0 unspecified atom stereocenters. The maximum atomic E-state index is 13.0. The minimum Gasteiger partial charge on any atom is -0.497 e. The van der Waals surface area contributed by atoms with Crippen molar-refractivity contribution >= 4 is 23.6 Å². The molecule has 154 valence electrons. The molecule has 0 bridgehead atoms. The first kappa shape index (κ1) is 21.3. The van der Waals surface area contributed by atoms with Crippen LogP contribution in [-0.2, 0) is 4.79 Å². The van der Waals surface area contributed by atoms with Crippen LogP contribution in [0, 0.1) is 17.1 Å². The number of rotatable bonds is 6. The van der Waals surface area contributed by atoms with E-state index in [4.69, 9.17) is 9.47 Å². The average Bonchev–Trinajstić information content (AvgIpc) is 2.79. The van der Waals surface area contributed by atoms with Crippen molar-refractivity contribution in [3.63, 3.8) is 0 Å². The first-order valence-electron chi connectivity index (χ1n) is 9.13. The lowest BCUT2D eigenvalue weighted by Crippen LogP contribution is -2.13. The van der Waals surface area contributed by atoms with Crippen molar-refractivity contribution in [2.24, 2.45) is 0 Å². The Bertz CT molecular complexity index is 1160. The van der Waals surface area contributed by atoms with Gasteiger partial charge in [-0.2, -0.15) is 5.26 Å². The fourth-order valence-electron chi connectivity index (χ4n) is 2.61. The summed E-state index contributed by atoms with van der Waals surface area (Å²) in [5.74, 6) is -0.763. The molecular formula is C24H17FN2O4. The molecule has 3 aromatic rings. The Morgan fingerprint density at radius 3 is 2.35 bits per heavy atom. The Morgan fingerprint density at radius 1 is 1.00 bits per heavy atom. The highest BCUT2D eigenvalue weighted by Crippen LogP contribution is 2.19. The van der Waals surface area contributed by atoms with Crippen LogP contribution in [0.5, 0.6) is 11.5 Å². The van der Waals surface area contributed by atoms with E-state index in [0.29, 0.717) is 22.6 Å². The number of nitrogens with one attached hydrogen (secondary N) is 1. The summed E-state index contributed by atoms with van der Waals surface area (Å²) < 4.78 is 23.4. The molecule has 0 aliphatic rings. The summed E-state index contributed by atoms with van der Waals surface area (Å²) in [6.07, 6.45) is 1.36. The van der Waals surface area contributed by atoms with Crippen molar-refractivity contribution in [3.8, 4) is 17.6 Å². The predicted octanol–water partition coefficient (Wildman–Crippen LogP) is 4.60. The van der Waals surface area contributed by atoms with Gasteiger partial charge in [-0.15, -0.1) is 0 Å². The summed E-state index contributed by atoms with van der Waals surface area (Å²) in [5.41, 5.74) is 1.03. The molecule has 0 aliphatic carbocycles. The number of hydrogen-bond donors (Lipinski definition) is 1. The van der Waals surface area contributed by atoms with E-state index in [2.05, 4.69) is 5.32 Å². The number of amides is 1. The SMILES string of the molecule is COc1ccc(C(=O)Oc2cccc(/C=C(/C#N)C(=O)Nc3ccc(F)cc3)c2)cc1. The van der Waals surface area contributed by atoms with Gasteiger partial charge in [-0.3, -0.25) is 4.79 Å². The quantitative estimate of drug-likeness (QED) is 0.275. The third-order valence-corrected chi connectivity index (χ3v) is 4.17. The van der Waals surface area contributed by atoms with Gasteiger partial charge in [-0.1, -0.05) is 12.1 Å². The summed E-state index contributed by atoms with van der Waals surface area (Å²) in [5, 5.41) is 11.9. The maximum absolute atomic E-state index is 13.0. The van der Waals surface area contributed by atoms with Crippen molar-refractivity contribution in [2.45, 2.75) is 0 Å². The van der Waals surface area contributed by atoms with Crippen molar-refractivity contribution in [1.29, 1.82) is 5.26 Å². The van der Waals surface area contributed by atoms with Crippen LogP contribution in [0.15, 0.2) is 78.4 Å². The molecule has 1 N–H and O–H groups in total. The van der Waals surface area contributed by atoms with Crippen LogP contribution in [0.3, 0.4) is 0 Å². The standard InChI is InChI=1S/C24H17FN2O4/c1-30-21-11-5-17(6-12-21)24(29)31-22-4-2-3-16(14-22)13-18(15-26)23(28)27-20-9-7-19(25)8-10-20/h2-14H,1H3,(H,27,28)/b18-13-. The molecule has 0 aromatic heterocycles. The van der Waals surface area contributed by atoms with E-state index in [0.717, 1.165) is 0 Å². The first-order chi connectivity index (χ1) is 15.0. The zero-order chi connectivity index (χ0) is 22.2. The van der Waals surface area contributed by atoms with Gasteiger partial charge in [-0.25, -0.2) is 9.18 Å². The third kappa shape index (κ3) is 5.78. The monoisotopic (exact) mass is 416 g/mol. The molecule has 0 spiro atoms. The van der Waals surface area contributed by atoms with Crippen LogP contribution in [-0.4, -0.2) is 19.0 Å². The number of carbonyl (C=O) groups excluding carboxylic acids is 2. The molecule has 0 saturated heterocycles. The van der Waals surface area contributed by atoms with E-state index in [1.54, 1.807) is 42.5 Å². The van der Waals surface area contributed by atoms with Gasteiger partial charge in [-0.05, 0) is 72.3 Å². The minimum atomic E-state index is -0.644. The van der Waals surface area contributed by atoms with Crippen LogP contribution < -0.4 is 14.8 Å². The van der Waals surface area contributed by atoms with E-state index in [1.165, 1.54) is 43.5 Å². The zero-order valence-corrected chi connectivity index (χ0v) is 16.5. The number of esters is 1. The normalized spacial score (nSPS) is 10.7. The number of nitriles is 1. The van der Waals surface area contributed by atoms with E-state index in [9.17, 15) is 19.2 Å². The number of carbonyl (C=O) groups is 2. The van der Waals surface area contributed by atoms with Crippen molar-refractivity contribution < 1.29 is 23.5 Å². The number of halogens is 1. The van der Waals surface area contributed by atoms with Crippen LogP contribution in [0.1, 0.15) is 15.9 Å². The molecular weight excluding hydrogens is 399 g/mol. The summed E-state index contributed by atoms with van der Waals surface area (Å²) in [6.45, 7) is 0. The largest absolute Gasteiger partial charge is 0.497 e. The second kappa shape index (κ2) is 9.85. The van der Waals surface area contributed by atoms with Crippen molar-refractivity contribution in [3.05, 3.63) is 95.3 Å². The lowest BCUT2D eigenvalue weighted by atomic mass is 10.1. The smallest absolute Gasteiger partial charge is 0.343 e. The van der Waals surface area contributed by atoms with E-state index in [-0.39, 0.29) is 11.3 Å². The average molecular weight is 416 g/mol. The lowest BCUT2D eigenvalue weighted by molar-refractivity contribution is -0.112. The highest BCUT2D eigenvalue weighted by atomic mass is 19.1. The predicted molar refractivity (Wildman–Crippen MR) is 113 cm³/mol. The Balaban J connectivity index is 1.73. The summed E-state index contributed by atoms with van der Waals surface area (Å²) in [4.78, 5) is 24.7. The number of methoxy groups -OCH3 is 1. The molecule has 7 heteroatoms. The fraction of sp³-hybridized carbons (Fsp3) is 0.0417. The molecule has 0 aliphatic heterocycles. The van der Waals surface area contributed by atoms with Gasteiger partial charge in [0.15, 0.2) is 0 Å². The second-order valence-electron chi connectivity index (χ2n) is 6.32. The summed E-state index contributed by atoms with van der Waals surface area (Å²) in [7, 11) is 1.53. The van der Waals surface area contributed by atoms with Gasteiger partial charge in [0.1, 0.15) is 29.0 Å². The van der Waals surface area contributed by atoms with Crippen LogP contribution in [0.4, 0.5) is 10.1 Å². The molecule has 3 rings (SSSR count). The van der Waals surface area contributed by atoms with Crippen LogP contribution in [0.2, 0.25) is 0 Å². The Labute approximate surface area is 178 Å². The van der Waals surface area contributed by atoms with E-state index < -0.39 is 17.7 Å². The van der Waals surface area contributed by atoms with E-state index >= 15 is 0 Å². The Morgan fingerprint density at radius 2 is 1.71 bits per heavy atom. The van der Waals surface area contributed by atoms with Gasteiger partial charge < -0.3 is 14.8 Å². The second-order valence-corrected chi connectivity index (χ2v) is 6.32. The van der Waals surface area contributed by atoms with Gasteiger partial charge in [0.2, 0.25) is 0 Å². The number of benzene rings is 3. The number of anilines is 1. The number of nitrogens with zero attached hydrogens (tertiary/aromatic N) is 1. The molecule has 3 aromatic carbocycles. The van der Waals surface area contributed by atoms with Gasteiger partial charge in [0, 0.05) is 5.69 Å². The van der Waals surface area contributed by atoms with Crippen LogP contribution >= 0.6 is 0 Å². The molecule has 31 heavy (non-hydrogen) atoms. The lowest BCUT2D eigenvalue weighted by Gasteiger charge is -2.07. The number of hydrogen-bond acceptors (Lipinski definition) is 5. The van der Waals surface area contributed by atoms with Gasteiger partial charge in [0.05, 0.1) is 12.7 Å². The zero-order valence-electron chi connectivity index (χ0n) is 16.5. The molecule has 0 radical (unpaired) electrons. The van der Waals surface area contributed by atoms with Crippen LogP contribution in [0.25, 0.3) is 6.08 Å². The molecule has 0 saturated carbocycles. The molecule has 6 nitrogen and oxygen atoms in total. The Kier molecular flexibility index (Phi) is 6.76. The highest BCUT2D eigenvalue weighted by molar-refractivity contribution is 6.09. The summed E-state index contributed by atoms with van der Waals surface area (Å²) >= 11 is 0. The van der Waals surface area contributed by atoms with Crippen molar-refractivity contribution in [1.82, 2.24) is 0 Å². The topological polar surface area (TPSA) is 88.4 Å². The van der Waals surface area contributed by atoms with Gasteiger partial charge in [0.25, 0.3) is 5.91 Å². The first-order valence-corrected chi connectivity index (χ1v) is 9.13. The molecule has 0 fully saturated rings. The maximum Gasteiger partial charge on any atom is 0.343 e. The molecule has 0 heterocycles. The minimum absolute atomic E-state index is 0.164. The third-order valence-electron chi connectivity index (χ3n) is 4.17. The molecule has 0 atom stereocenters. The highest BCUT2D eigenvalue weighted by Gasteiger charge is 2.12. The van der Waals surface area contributed by atoms with Crippen molar-refractivity contribution in [2.75, 3.05) is 12.4 Å². The van der Waals surface area contributed by atoms with E-state index in [1.807, 2.05) is 6.07 Å². The fourth-order valence-corrected chi connectivity index (χ4v) is 2.61. The number of ether oxygens (including phenoxy) is 2. The summed E-state index contributed by atoms with van der Waals surface area (Å²) in [6, 6.07) is 19.9. The Hall–Kier alpha value is -4.44. The molecule has 1 amide bonds. The van der Waals surface area contributed by atoms with Gasteiger partial charge >= 0.3 is 5.97 Å².